The number of carbonyl (C=O) groups is 2. The molecule has 5 aromatic rings. The molecule has 0 aliphatic heterocycles. The van der Waals surface area contributed by atoms with Crippen molar-refractivity contribution in [2.45, 2.75) is 78.6 Å². The highest BCUT2D eigenvalue weighted by Gasteiger charge is 2.28. The van der Waals surface area contributed by atoms with Gasteiger partial charge in [-0.25, -0.2) is 0 Å². The molecule has 2 N–H and O–H groups in total. The Morgan fingerprint density at radius 2 is 1.42 bits per heavy atom. The van der Waals surface area contributed by atoms with Crippen molar-refractivity contribution in [1.82, 2.24) is 15.8 Å². The third-order valence-electron chi connectivity index (χ3n) is 8.95. The van der Waals surface area contributed by atoms with Gasteiger partial charge in [-0.2, -0.15) is 0 Å². The Labute approximate surface area is 313 Å². The molecule has 0 saturated heterocycles. The molecule has 0 atom stereocenters. The molecule has 278 valence electrons. The van der Waals surface area contributed by atoms with E-state index in [4.69, 9.17) is 18.7 Å². The summed E-state index contributed by atoms with van der Waals surface area (Å²) in [7, 11) is 1.58. The maximum Gasteiger partial charge on any atom is 0.305 e. The van der Waals surface area contributed by atoms with Gasteiger partial charge >= 0.3 is 5.97 Å². The highest BCUT2D eigenvalue weighted by molar-refractivity contribution is 6.02. The van der Waals surface area contributed by atoms with Crippen LogP contribution in [-0.4, -0.2) is 37.2 Å². The third kappa shape index (κ3) is 11.0. The maximum absolute atomic E-state index is 13.2. The van der Waals surface area contributed by atoms with Crippen molar-refractivity contribution in [3.63, 3.8) is 0 Å². The molecule has 0 aliphatic carbocycles. The number of carbonyl (C=O) groups excluding carboxylic acids is 2. The zero-order valence-electron chi connectivity index (χ0n) is 31.3. The van der Waals surface area contributed by atoms with E-state index in [1.807, 2.05) is 91.9 Å². The van der Waals surface area contributed by atoms with E-state index in [9.17, 15) is 9.59 Å². The smallest absolute Gasteiger partial charge is 0.305 e. The van der Waals surface area contributed by atoms with E-state index < -0.39 is 0 Å². The molecule has 0 spiro atoms. The Kier molecular flexibility index (Phi) is 14.6. The van der Waals surface area contributed by atoms with E-state index in [0.717, 1.165) is 65.8 Å². The molecular formula is C44H51N3O6. The van der Waals surface area contributed by atoms with Gasteiger partial charge in [0.2, 0.25) is 0 Å². The van der Waals surface area contributed by atoms with Crippen LogP contribution in [0.15, 0.2) is 102 Å². The van der Waals surface area contributed by atoms with Crippen LogP contribution >= 0.6 is 0 Å². The topological polar surface area (TPSA) is 112 Å². The van der Waals surface area contributed by atoms with E-state index in [1.54, 1.807) is 7.05 Å². The summed E-state index contributed by atoms with van der Waals surface area (Å²) in [6.07, 6.45) is 4.43. The Hall–Kier alpha value is -5.41. The van der Waals surface area contributed by atoms with Crippen molar-refractivity contribution in [2.24, 2.45) is 0 Å². The van der Waals surface area contributed by atoms with Crippen LogP contribution in [-0.2, 0) is 29.3 Å². The second-order valence-corrected chi connectivity index (χ2v) is 13.2. The second kappa shape index (κ2) is 20.0. The van der Waals surface area contributed by atoms with Gasteiger partial charge in [-0.1, -0.05) is 117 Å². The lowest BCUT2D eigenvalue weighted by atomic mass is 9.93. The number of aromatic nitrogens is 1. The highest BCUT2D eigenvalue weighted by Crippen LogP contribution is 2.44. The fraction of sp³-hybridized carbons (Fsp3) is 0.341. The molecule has 0 radical (unpaired) electrons. The summed E-state index contributed by atoms with van der Waals surface area (Å²) in [5.41, 5.74) is 6.44. The van der Waals surface area contributed by atoms with Crippen LogP contribution in [0, 0.1) is 0 Å². The molecule has 1 aromatic heterocycles. The lowest BCUT2D eigenvalue weighted by Gasteiger charge is -2.19. The van der Waals surface area contributed by atoms with Crippen LogP contribution in [0.3, 0.4) is 0 Å². The van der Waals surface area contributed by atoms with Gasteiger partial charge in [0, 0.05) is 26.1 Å². The van der Waals surface area contributed by atoms with Gasteiger partial charge in [0.1, 0.15) is 24.7 Å². The van der Waals surface area contributed by atoms with Crippen LogP contribution in [0.1, 0.15) is 91.5 Å². The number of benzene rings is 4. The third-order valence-corrected chi connectivity index (χ3v) is 8.95. The minimum absolute atomic E-state index is 0.115. The SMILES string of the molecule is CCOC(=O)CCCCCCNCc1ccc(-c2c(C(=O)NC)noc2-c2cc(C(C)C)c(OCc3ccccc3)cc2OCc2ccccc2)cc1. The molecule has 5 rings (SSSR count). The first-order valence-corrected chi connectivity index (χ1v) is 18.6. The standard InChI is InChI=1S/C44H51N3O6/c1-5-50-40(48)20-14-6-7-15-25-46-28-32-21-23-35(24-22-32)41-42(44(49)45-4)47-53-43(41)37-26-36(31(2)3)38(51-29-33-16-10-8-11-17-33)27-39(37)52-30-34-18-12-9-13-19-34/h8-13,16-19,21-24,26-27,31,46H,5-7,14-15,20,25,28-30H2,1-4H3,(H,45,49). The zero-order chi connectivity index (χ0) is 37.4. The molecule has 4 aromatic carbocycles. The summed E-state index contributed by atoms with van der Waals surface area (Å²) in [6, 6.07) is 32.1. The minimum atomic E-state index is -0.346. The van der Waals surface area contributed by atoms with E-state index in [1.165, 1.54) is 0 Å². The molecule has 53 heavy (non-hydrogen) atoms. The predicted molar refractivity (Wildman–Crippen MR) is 208 cm³/mol. The van der Waals surface area contributed by atoms with Gasteiger partial charge in [-0.05, 0) is 66.1 Å². The van der Waals surface area contributed by atoms with E-state index in [2.05, 4.69) is 41.8 Å². The normalized spacial score (nSPS) is 11.0. The van der Waals surface area contributed by atoms with Gasteiger partial charge in [0.05, 0.1) is 17.7 Å². The quantitative estimate of drug-likeness (QED) is 0.0606. The van der Waals surface area contributed by atoms with Crippen molar-refractivity contribution in [2.75, 3.05) is 20.2 Å². The molecule has 1 heterocycles. The Morgan fingerprint density at radius 3 is 2.04 bits per heavy atom. The van der Waals surface area contributed by atoms with E-state index in [0.29, 0.717) is 55.4 Å². The lowest BCUT2D eigenvalue weighted by Crippen LogP contribution is -2.19. The van der Waals surface area contributed by atoms with Crippen molar-refractivity contribution >= 4 is 11.9 Å². The molecule has 0 bridgehead atoms. The van der Waals surface area contributed by atoms with E-state index in [-0.39, 0.29) is 23.5 Å². The number of nitrogens with one attached hydrogen (secondary N) is 2. The van der Waals surface area contributed by atoms with Gasteiger partial charge in [0.15, 0.2) is 11.5 Å². The van der Waals surface area contributed by atoms with Crippen LogP contribution in [0.4, 0.5) is 0 Å². The first-order chi connectivity index (χ1) is 25.9. The first kappa shape index (κ1) is 38.8. The van der Waals surface area contributed by atoms with Crippen LogP contribution in [0.2, 0.25) is 0 Å². The summed E-state index contributed by atoms with van der Waals surface area (Å²) >= 11 is 0. The van der Waals surface area contributed by atoms with Gasteiger partial charge in [-0.15, -0.1) is 0 Å². The monoisotopic (exact) mass is 717 g/mol. The Morgan fingerprint density at radius 1 is 0.774 bits per heavy atom. The van der Waals surface area contributed by atoms with Crippen LogP contribution in [0.25, 0.3) is 22.5 Å². The fourth-order valence-corrected chi connectivity index (χ4v) is 6.06. The summed E-state index contributed by atoms with van der Waals surface area (Å²) < 4.78 is 24.0. The molecule has 0 unspecified atom stereocenters. The zero-order valence-corrected chi connectivity index (χ0v) is 31.3. The molecule has 0 aliphatic rings. The maximum atomic E-state index is 13.2. The van der Waals surface area contributed by atoms with Gasteiger partial charge in [-0.3, -0.25) is 9.59 Å². The fourth-order valence-electron chi connectivity index (χ4n) is 6.06. The van der Waals surface area contributed by atoms with Crippen LogP contribution in [0.5, 0.6) is 11.5 Å². The number of unbranched alkanes of at least 4 members (excludes halogenated alkanes) is 3. The Bertz CT molecular complexity index is 1890. The van der Waals surface area contributed by atoms with Crippen molar-refractivity contribution in [1.29, 1.82) is 0 Å². The highest BCUT2D eigenvalue weighted by atomic mass is 16.5. The number of ether oxygens (including phenoxy) is 3. The Balaban J connectivity index is 1.40. The van der Waals surface area contributed by atoms with Crippen molar-refractivity contribution in [3.8, 4) is 33.9 Å². The predicted octanol–water partition coefficient (Wildman–Crippen LogP) is 9.25. The van der Waals surface area contributed by atoms with E-state index >= 15 is 0 Å². The molecule has 0 saturated carbocycles. The number of hydrogen-bond acceptors (Lipinski definition) is 8. The number of amides is 1. The first-order valence-electron chi connectivity index (χ1n) is 18.6. The second-order valence-electron chi connectivity index (χ2n) is 13.2. The molecule has 9 nitrogen and oxygen atoms in total. The molecule has 0 fully saturated rings. The number of rotatable bonds is 20. The molecular weight excluding hydrogens is 666 g/mol. The summed E-state index contributed by atoms with van der Waals surface area (Å²) in [4.78, 5) is 24.7. The average molecular weight is 718 g/mol. The van der Waals surface area contributed by atoms with Crippen LogP contribution < -0.4 is 20.1 Å². The summed E-state index contributed by atoms with van der Waals surface area (Å²) in [6.45, 7) is 8.83. The molecule has 9 heteroatoms. The van der Waals surface area contributed by atoms with Gasteiger partial charge < -0.3 is 29.4 Å². The minimum Gasteiger partial charge on any atom is -0.488 e. The largest absolute Gasteiger partial charge is 0.488 e. The molecule has 1 amide bonds. The number of hydrogen-bond donors (Lipinski definition) is 2. The average Bonchev–Trinajstić information content (AvgIpc) is 3.63. The lowest BCUT2D eigenvalue weighted by molar-refractivity contribution is -0.143. The summed E-state index contributed by atoms with van der Waals surface area (Å²) in [5.74, 6) is 1.37. The number of esters is 1. The van der Waals surface area contributed by atoms with Crippen molar-refractivity contribution < 1.29 is 28.3 Å². The summed E-state index contributed by atoms with van der Waals surface area (Å²) in [5, 5.41) is 10.5. The van der Waals surface area contributed by atoms with Crippen molar-refractivity contribution in [3.05, 3.63) is 125 Å². The number of nitrogens with zero attached hydrogens (tertiary/aromatic N) is 1. The van der Waals surface area contributed by atoms with Gasteiger partial charge in [0.25, 0.3) is 5.91 Å².